The summed E-state index contributed by atoms with van der Waals surface area (Å²) in [6.45, 7) is 6.22. The molecule has 0 amide bonds. The van der Waals surface area contributed by atoms with E-state index in [1.807, 2.05) is 24.3 Å². The standard InChI is InChI=1S/C24H22F3N5O3S/c1-23(2,3)17-7-4-5-9-19(17)34-22-18(8-6-14-28-22)30-21-20(31-36(33)32-21)29-15-10-12-16(13-11-15)35-24(25,26)27/h4-14H,1-3H3,(H,29,31)(H,30,32). The number of benzene rings is 2. The van der Waals surface area contributed by atoms with Gasteiger partial charge in [-0.25, -0.2) is 9.19 Å². The van der Waals surface area contributed by atoms with Gasteiger partial charge in [0.25, 0.3) is 11.2 Å². The van der Waals surface area contributed by atoms with Gasteiger partial charge in [0.1, 0.15) is 17.2 Å². The Labute approximate surface area is 208 Å². The summed E-state index contributed by atoms with van der Waals surface area (Å²) in [4.78, 5) is 4.32. The highest BCUT2D eigenvalue weighted by Gasteiger charge is 2.31. The zero-order valence-corrected chi connectivity index (χ0v) is 20.3. The number of hydrogen-bond donors (Lipinski definition) is 2. The Morgan fingerprint density at radius 2 is 1.53 bits per heavy atom. The van der Waals surface area contributed by atoms with Crippen LogP contribution in [0.4, 0.5) is 24.5 Å². The van der Waals surface area contributed by atoms with Crippen LogP contribution in [0.2, 0.25) is 0 Å². The maximum atomic E-state index is 12.4. The van der Waals surface area contributed by atoms with Gasteiger partial charge in [0.15, 0.2) is 11.7 Å². The number of alkyl halides is 3. The highest BCUT2D eigenvalue weighted by atomic mass is 32.2. The molecule has 1 aliphatic heterocycles. The first-order valence-corrected chi connectivity index (χ1v) is 11.8. The topological polar surface area (TPSA) is 97.2 Å². The zero-order valence-electron chi connectivity index (χ0n) is 19.5. The number of pyridine rings is 1. The first-order valence-electron chi connectivity index (χ1n) is 10.7. The number of nitrogens with zero attached hydrogens (tertiary/aromatic N) is 3. The summed E-state index contributed by atoms with van der Waals surface area (Å²) in [6.07, 6.45) is -3.21. The van der Waals surface area contributed by atoms with E-state index in [0.717, 1.165) is 17.7 Å². The van der Waals surface area contributed by atoms with Crippen LogP contribution < -0.4 is 20.1 Å². The molecule has 0 fully saturated rings. The minimum absolute atomic E-state index is 0.128. The van der Waals surface area contributed by atoms with Crippen molar-refractivity contribution in [2.75, 3.05) is 10.6 Å². The molecule has 1 aromatic heterocycles. The average Bonchev–Trinajstić information content (AvgIpc) is 3.13. The van der Waals surface area contributed by atoms with Gasteiger partial charge in [-0.2, -0.15) is 0 Å². The van der Waals surface area contributed by atoms with Crippen LogP contribution in [0.1, 0.15) is 26.3 Å². The molecule has 3 aromatic rings. The predicted molar refractivity (Wildman–Crippen MR) is 133 cm³/mol. The van der Waals surface area contributed by atoms with E-state index in [9.17, 15) is 17.4 Å². The summed E-state index contributed by atoms with van der Waals surface area (Å²) < 4.78 is 67.2. The smallest absolute Gasteiger partial charge is 0.437 e. The van der Waals surface area contributed by atoms with Gasteiger partial charge < -0.3 is 20.1 Å². The van der Waals surface area contributed by atoms with Crippen molar-refractivity contribution in [1.29, 1.82) is 0 Å². The van der Waals surface area contributed by atoms with Crippen LogP contribution in [-0.2, 0) is 16.6 Å². The van der Waals surface area contributed by atoms with E-state index in [1.165, 1.54) is 12.1 Å². The molecule has 8 nitrogen and oxygen atoms in total. The minimum atomic E-state index is -4.79. The van der Waals surface area contributed by atoms with Crippen molar-refractivity contribution >= 4 is 34.2 Å². The highest BCUT2D eigenvalue weighted by Crippen LogP contribution is 2.35. The van der Waals surface area contributed by atoms with Crippen LogP contribution in [0.15, 0.2) is 75.7 Å². The molecule has 12 heteroatoms. The lowest BCUT2D eigenvalue weighted by Gasteiger charge is -2.22. The Morgan fingerprint density at radius 3 is 2.19 bits per heavy atom. The number of halogens is 3. The Hall–Kier alpha value is -3.93. The number of rotatable bonds is 5. The molecule has 0 spiro atoms. The van der Waals surface area contributed by atoms with Crippen molar-refractivity contribution in [2.24, 2.45) is 8.80 Å². The number of nitrogens with one attached hydrogen (secondary N) is 2. The molecular formula is C24H22F3N5O3S. The fourth-order valence-corrected chi connectivity index (χ4v) is 3.90. The van der Waals surface area contributed by atoms with Crippen LogP contribution in [-0.4, -0.2) is 27.2 Å². The first-order chi connectivity index (χ1) is 17.0. The van der Waals surface area contributed by atoms with E-state index in [1.54, 1.807) is 18.3 Å². The molecule has 1 atom stereocenters. The largest absolute Gasteiger partial charge is 0.573 e. The summed E-state index contributed by atoms with van der Waals surface area (Å²) in [5.74, 6) is 0.803. The Morgan fingerprint density at radius 1 is 0.861 bits per heavy atom. The van der Waals surface area contributed by atoms with Gasteiger partial charge in [0.2, 0.25) is 5.88 Å². The Balaban J connectivity index is 1.53. The number of ether oxygens (including phenoxy) is 2. The molecule has 4 rings (SSSR count). The van der Waals surface area contributed by atoms with Crippen LogP contribution in [0.5, 0.6) is 17.4 Å². The Bertz CT molecular complexity index is 1340. The van der Waals surface area contributed by atoms with Crippen molar-refractivity contribution in [3.05, 3.63) is 72.4 Å². The monoisotopic (exact) mass is 517 g/mol. The Kier molecular flexibility index (Phi) is 6.97. The van der Waals surface area contributed by atoms with Crippen LogP contribution in [0.3, 0.4) is 0 Å². The lowest BCUT2D eigenvalue weighted by Crippen LogP contribution is -2.27. The van der Waals surface area contributed by atoms with Gasteiger partial charge in [-0.3, -0.25) is 0 Å². The quantitative estimate of drug-likeness (QED) is 0.432. The normalized spacial score (nSPS) is 15.7. The fourth-order valence-electron chi connectivity index (χ4n) is 3.28. The molecule has 2 aromatic carbocycles. The number of amidine groups is 2. The van der Waals surface area contributed by atoms with E-state index < -0.39 is 17.5 Å². The summed E-state index contributed by atoms with van der Waals surface area (Å²) in [5, 5.41) is 5.93. The van der Waals surface area contributed by atoms with Gasteiger partial charge >= 0.3 is 6.36 Å². The lowest BCUT2D eigenvalue weighted by molar-refractivity contribution is -0.274. The highest BCUT2D eigenvalue weighted by molar-refractivity contribution is 7.83. The van der Waals surface area contributed by atoms with Gasteiger partial charge in [-0.15, -0.1) is 22.0 Å². The second-order valence-electron chi connectivity index (χ2n) is 8.64. The molecular weight excluding hydrogens is 495 g/mol. The van der Waals surface area contributed by atoms with Crippen molar-refractivity contribution in [3.8, 4) is 17.4 Å². The fraction of sp³-hybridized carbons (Fsp3) is 0.208. The summed E-state index contributed by atoms with van der Waals surface area (Å²) in [6, 6.07) is 16.1. The molecule has 0 aliphatic carbocycles. The molecule has 2 N–H and O–H groups in total. The molecule has 0 saturated heterocycles. The van der Waals surface area contributed by atoms with E-state index in [-0.39, 0.29) is 28.7 Å². The van der Waals surface area contributed by atoms with E-state index in [0.29, 0.717) is 17.1 Å². The van der Waals surface area contributed by atoms with Crippen LogP contribution in [0, 0.1) is 0 Å². The van der Waals surface area contributed by atoms with Gasteiger partial charge in [0, 0.05) is 17.4 Å². The number of aromatic nitrogens is 1. The second-order valence-corrected chi connectivity index (χ2v) is 9.46. The van der Waals surface area contributed by atoms with Gasteiger partial charge in [0.05, 0.1) is 0 Å². The molecule has 188 valence electrons. The van der Waals surface area contributed by atoms with E-state index in [4.69, 9.17) is 4.74 Å². The van der Waals surface area contributed by atoms with Crippen molar-refractivity contribution < 1.29 is 26.9 Å². The van der Waals surface area contributed by atoms with Crippen molar-refractivity contribution in [2.45, 2.75) is 32.5 Å². The third-order valence-electron chi connectivity index (χ3n) is 4.84. The van der Waals surface area contributed by atoms with Crippen molar-refractivity contribution in [3.63, 3.8) is 0 Å². The van der Waals surface area contributed by atoms with E-state index in [2.05, 4.69) is 49.9 Å². The lowest BCUT2D eigenvalue weighted by atomic mass is 9.86. The first kappa shape index (κ1) is 25.2. The minimum Gasteiger partial charge on any atom is -0.437 e. The number of hydrogen-bond acceptors (Lipinski definition) is 6. The third kappa shape index (κ3) is 6.39. The number of anilines is 2. The van der Waals surface area contributed by atoms with E-state index >= 15 is 0 Å². The summed E-state index contributed by atoms with van der Waals surface area (Å²) in [5.41, 5.74) is 1.65. The molecule has 0 bridgehead atoms. The maximum absolute atomic E-state index is 12.4. The van der Waals surface area contributed by atoms with Crippen LogP contribution in [0.25, 0.3) is 0 Å². The zero-order chi connectivity index (χ0) is 25.9. The molecule has 0 saturated carbocycles. The van der Waals surface area contributed by atoms with Gasteiger partial charge in [-0.1, -0.05) is 39.0 Å². The molecule has 36 heavy (non-hydrogen) atoms. The molecule has 1 aliphatic rings. The SMILES string of the molecule is CC(C)(C)c1ccccc1Oc1ncccc1NC1=NS(=O)N=C1Nc1ccc(OC(F)(F)F)cc1. The molecule has 0 radical (unpaired) electrons. The summed E-state index contributed by atoms with van der Waals surface area (Å²) in [7, 11) is 0. The summed E-state index contributed by atoms with van der Waals surface area (Å²) >= 11 is -1.89. The average molecular weight is 518 g/mol. The van der Waals surface area contributed by atoms with Gasteiger partial charge in [-0.05, 0) is 47.9 Å². The number of para-hydroxylation sites is 1. The van der Waals surface area contributed by atoms with Crippen LogP contribution >= 0.6 is 0 Å². The predicted octanol–water partition coefficient (Wildman–Crippen LogP) is 5.98. The second kappa shape index (κ2) is 9.97. The molecule has 2 heterocycles. The molecule has 1 unspecified atom stereocenters. The van der Waals surface area contributed by atoms with Crippen molar-refractivity contribution in [1.82, 2.24) is 4.98 Å². The maximum Gasteiger partial charge on any atom is 0.573 e. The third-order valence-corrected chi connectivity index (χ3v) is 5.52.